The van der Waals surface area contributed by atoms with Gasteiger partial charge in [0, 0.05) is 29.7 Å². The SMILES string of the molecule is Cc1cc(Cc2ccccc2F)n(C)c1C(=O)c1ccc(Cl)cc1. The lowest BCUT2D eigenvalue weighted by Crippen LogP contribution is -2.11. The molecule has 2 nitrogen and oxygen atoms in total. The second-order valence-corrected chi connectivity index (χ2v) is 6.27. The molecule has 0 radical (unpaired) electrons. The number of rotatable bonds is 4. The Morgan fingerprint density at radius 3 is 2.46 bits per heavy atom. The van der Waals surface area contributed by atoms with Crippen LogP contribution in [0.1, 0.15) is 32.9 Å². The Kier molecular flexibility index (Phi) is 4.54. The summed E-state index contributed by atoms with van der Waals surface area (Å²) < 4.78 is 15.7. The molecule has 1 heterocycles. The number of ketones is 1. The molecule has 0 unspecified atom stereocenters. The van der Waals surface area contributed by atoms with Gasteiger partial charge in [-0.2, -0.15) is 0 Å². The van der Waals surface area contributed by atoms with Crippen LogP contribution in [-0.4, -0.2) is 10.4 Å². The Labute approximate surface area is 145 Å². The van der Waals surface area contributed by atoms with Crippen LogP contribution in [0.15, 0.2) is 54.6 Å². The molecule has 3 aromatic rings. The van der Waals surface area contributed by atoms with Crippen molar-refractivity contribution in [2.24, 2.45) is 7.05 Å². The summed E-state index contributed by atoms with van der Waals surface area (Å²) in [7, 11) is 1.84. The number of carbonyl (C=O) groups is 1. The van der Waals surface area contributed by atoms with E-state index in [0.717, 1.165) is 11.3 Å². The largest absolute Gasteiger partial charge is 0.344 e. The van der Waals surface area contributed by atoms with E-state index in [-0.39, 0.29) is 11.6 Å². The average molecular weight is 342 g/mol. The third kappa shape index (κ3) is 3.13. The average Bonchev–Trinajstić information content (AvgIpc) is 2.84. The van der Waals surface area contributed by atoms with Crippen molar-refractivity contribution in [3.8, 4) is 0 Å². The van der Waals surface area contributed by atoms with Gasteiger partial charge < -0.3 is 4.57 Å². The van der Waals surface area contributed by atoms with E-state index >= 15 is 0 Å². The van der Waals surface area contributed by atoms with Crippen LogP contribution in [0.4, 0.5) is 4.39 Å². The highest BCUT2D eigenvalue weighted by Crippen LogP contribution is 2.22. The van der Waals surface area contributed by atoms with E-state index in [4.69, 9.17) is 11.6 Å². The van der Waals surface area contributed by atoms with Crippen LogP contribution in [0.3, 0.4) is 0 Å². The Hall–Kier alpha value is -2.39. The molecular formula is C20H17ClFNO. The molecule has 0 fully saturated rings. The Morgan fingerprint density at radius 2 is 1.79 bits per heavy atom. The van der Waals surface area contributed by atoms with E-state index in [1.54, 1.807) is 36.4 Å². The minimum absolute atomic E-state index is 0.0635. The molecule has 0 N–H and O–H groups in total. The van der Waals surface area contributed by atoms with Gasteiger partial charge in [-0.1, -0.05) is 29.8 Å². The summed E-state index contributed by atoms with van der Waals surface area (Å²) in [6.07, 6.45) is 0.442. The lowest BCUT2D eigenvalue weighted by Gasteiger charge is -2.09. The number of halogens is 2. The van der Waals surface area contributed by atoms with Crippen LogP contribution in [0.2, 0.25) is 5.02 Å². The highest BCUT2D eigenvalue weighted by atomic mass is 35.5. The number of hydrogen-bond acceptors (Lipinski definition) is 1. The molecule has 0 aliphatic rings. The highest BCUT2D eigenvalue weighted by molar-refractivity contribution is 6.30. The molecule has 0 atom stereocenters. The van der Waals surface area contributed by atoms with E-state index in [9.17, 15) is 9.18 Å². The van der Waals surface area contributed by atoms with Crippen molar-refractivity contribution in [1.82, 2.24) is 4.57 Å². The summed E-state index contributed by atoms with van der Waals surface area (Å²) in [4.78, 5) is 12.8. The maximum atomic E-state index is 13.9. The molecule has 1 aromatic heterocycles. The van der Waals surface area contributed by atoms with Crippen LogP contribution in [0.25, 0.3) is 0 Å². The monoisotopic (exact) mass is 341 g/mol. The number of nitrogens with zero attached hydrogens (tertiary/aromatic N) is 1. The van der Waals surface area contributed by atoms with Crippen LogP contribution in [0, 0.1) is 12.7 Å². The summed E-state index contributed by atoms with van der Waals surface area (Å²) in [5.41, 5.74) is 3.59. The molecule has 0 aliphatic carbocycles. The van der Waals surface area contributed by atoms with Crippen LogP contribution >= 0.6 is 11.6 Å². The summed E-state index contributed by atoms with van der Waals surface area (Å²) in [5, 5.41) is 0.593. The summed E-state index contributed by atoms with van der Waals surface area (Å²) in [5.74, 6) is -0.298. The van der Waals surface area contributed by atoms with Crippen molar-refractivity contribution in [3.63, 3.8) is 0 Å². The lowest BCUT2D eigenvalue weighted by molar-refractivity contribution is 0.103. The number of carbonyl (C=O) groups excluding carboxylic acids is 1. The van der Waals surface area contributed by atoms with Gasteiger partial charge in [-0.15, -0.1) is 0 Å². The summed E-state index contributed by atoms with van der Waals surface area (Å²) in [6, 6.07) is 15.5. The molecule has 4 heteroatoms. The molecule has 0 bridgehead atoms. The fourth-order valence-corrected chi connectivity index (χ4v) is 3.03. The molecule has 3 rings (SSSR count). The molecule has 122 valence electrons. The second-order valence-electron chi connectivity index (χ2n) is 5.83. The quantitative estimate of drug-likeness (QED) is 0.615. The maximum absolute atomic E-state index is 13.9. The zero-order chi connectivity index (χ0) is 17.3. The number of benzene rings is 2. The van der Waals surface area contributed by atoms with E-state index in [0.29, 0.717) is 28.3 Å². The normalized spacial score (nSPS) is 10.8. The number of aryl methyl sites for hydroxylation is 1. The molecule has 0 aliphatic heterocycles. The van der Waals surface area contributed by atoms with Gasteiger partial charge in [0.15, 0.2) is 0 Å². The van der Waals surface area contributed by atoms with Crippen LogP contribution in [0.5, 0.6) is 0 Å². The lowest BCUT2D eigenvalue weighted by atomic mass is 10.1. The minimum atomic E-state index is -0.234. The topological polar surface area (TPSA) is 22.0 Å². The fraction of sp³-hybridized carbons (Fsp3) is 0.150. The highest BCUT2D eigenvalue weighted by Gasteiger charge is 2.19. The predicted octanol–water partition coefficient (Wildman–Crippen LogP) is 4.95. The van der Waals surface area contributed by atoms with Gasteiger partial charge >= 0.3 is 0 Å². The van der Waals surface area contributed by atoms with Crippen molar-refractivity contribution in [2.75, 3.05) is 0 Å². The van der Waals surface area contributed by atoms with Gasteiger partial charge in [0.2, 0.25) is 5.78 Å². The van der Waals surface area contributed by atoms with Gasteiger partial charge in [0.1, 0.15) is 5.82 Å². The van der Waals surface area contributed by atoms with Gasteiger partial charge in [-0.3, -0.25) is 4.79 Å². The van der Waals surface area contributed by atoms with Gasteiger partial charge in [-0.25, -0.2) is 4.39 Å². The second kappa shape index (κ2) is 6.62. The number of hydrogen-bond donors (Lipinski definition) is 0. The van der Waals surface area contributed by atoms with Crippen molar-refractivity contribution in [2.45, 2.75) is 13.3 Å². The minimum Gasteiger partial charge on any atom is -0.344 e. The van der Waals surface area contributed by atoms with Crippen LogP contribution in [-0.2, 0) is 13.5 Å². The van der Waals surface area contributed by atoms with Gasteiger partial charge in [0.05, 0.1) is 5.69 Å². The predicted molar refractivity (Wildman–Crippen MR) is 94.2 cm³/mol. The van der Waals surface area contributed by atoms with E-state index in [1.807, 2.05) is 30.7 Å². The maximum Gasteiger partial charge on any atom is 0.209 e. The van der Waals surface area contributed by atoms with E-state index in [2.05, 4.69) is 0 Å². The summed E-state index contributed by atoms with van der Waals surface area (Å²) >= 11 is 5.88. The Bertz CT molecular complexity index is 897. The van der Waals surface area contributed by atoms with Gasteiger partial charge in [-0.05, 0) is 54.4 Å². The van der Waals surface area contributed by atoms with Crippen molar-refractivity contribution < 1.29 is 9.18 Å². The third-order valence-electron chi connectivity index (χ3n) is 4.17. The first-order chi connectivity index (χ1) is 11.5. The molecule has 0 saturated carbocycles. The molecule has 24 heavy (non-hydrogen) atoms. The Morgan fingerprint density at radius 1 is 1.12 bits per heavy atom. The van der Waals surface area contributed by atoms with Crippen molar-refractivity contribution in [1.29, 1.82) is 0 Å². The summed E-state index contributed by atoms with van der Waals surface area (Å²) in [6.45, 7) is 1.90. The van der Waals surface area contributed by atoms with E-state index in [1.165, 1.54) is 6.07 Å². The standard InChI is InChI=1S/C20H17ClFNO/c1-13-11-17(12-15-5-3-4-6-18(15)22)23(2)19(13)20(24)14-7-9-16(21)10-8-14/h3-11H,12H2,1-2H3. The molecule has 0 spiro atoms. The Balaban J connectivity index is 1.96. The number of aromatic nitrogens is 1. The van der Waals surface area contributed by atoms with Gasteiger partial charge in [0.25, 0.3) is 0 Å². The first kappa shape index (κ1) is 16.5. The zero-order valence-electron chi connectivity index (χ0n) is 13.5. The fourth-order valence-electron chi connectivity index (χ4n) is 2.90. The first-order valence-corrected chi connectivity index (χ1v) is 8.04. The molecule has 0 amide bonds. The third-order valence-corrected chi connectivity index (χ3v) is 4.43. The smallest absolute Gasteiger partial charge is 0.209 e. The van der Waals surface area contributed by atoms with Crippen LogP contribution < -0.4 is 0 Å². The molecular weight excluding hydrogens is 325 g/mol. The van der Waals surface area contributed by atoms with E-state index < -0.39 is 0 Å². The molecule has 2 aromatic carbocycles. The zero-order valence-corrected chi connectivity index (χ0v) is 14.3. The van der Waals surface area contributed by atoms with Crippen molar-refractivity contribution >= 4 is 17.4 Å². The van der Waals surface area contributed by atoms with Crippen molar-refractivity contribution in [3.05, 3.63) is 93.5 Å². The molecule has 0 saturated heterocycles. The first-order valence-electron chi connectivity index (χ1n) is 7.66.